The highest BCUT2D eigenvalue weighted by Gasteiger charge is 2.32. The summed E-state index contributed by atoms with van der Waals surface area (Å²) in [6.45, 7) is 1.39. The SMILES string of the molecule is COc1cc(F)ccc1S(=O)(=O)N1CCN(c2nc(-c3cccnc3)nc3ccccc23)CC1. The van der Waals surface area contributed by atoms with Crippen molar-refractivity contribution < 1.29 is 17.5 Å². The highest BCUT2D eigenvalue weighted by atomic mass is 32.2. The first-order chi connectivity index (χ1) is 16.5. The molecule has 0 atom stereocenters. The quantitative estimate of drug-likeness (QED) is 0.434. The van der Waals surface area contributed by atoms with Gasteiger partial charge < -0.3 is 9.64 Å². The van der Waals surface area contributed by atoms with E-state index in [0.717, 1.165) is 34.4 Å². The molecule has 8 nitrogen and oxygen atoms in total. The molecule has 0 bridgehead atoms. The van der Waals surface area contributed by atoms with E-state index in [1.165, 1.54) is 17.5 Å². The maximum absolute atomic E-state index is 13.6. The van der Waals surface area contributed by atoms with Gasteiger partial charge in [0.25, 0.3) is 0 Å². The molecule has 2 aromatic carbocycles. The molecule has 0 N–H and O–H groups in total. The Bertz CT molecular complexity index is 1440. The topological polar surface area (TPSA) is 88.5 Å². The van der Waals surface area contributed by atoms with Crippen molar-refractivity contribution in [2.75, 3.05) is 38.2 Å². The van der Waals surface area contributed by atoms with Crippen molar-refractivity contribution >= 4 is 26.7 Å². The molecule has 0 amide bonds. The molecule has 1 fully saturated rings. The number of ether oxygens (including phenoxy) is 1. The largest absolute Gasteiger partial charge is 0.495 e. The first-order valence-electron chi connectivity index (χ1n) is 10.7. The summed E-state index contributed by atoms with van der Waals surface area (Å²) in [5, 5.41) is 0.895. The van der Waals surface area contributed by atoms with E-state index in [4.69, 9.17) is 14.7 Å². The Balaban J connectivity index is 1.45. The molecule has 1 aliphatic heterocycles. The molecule has 0 saturated carbocycles. The third-order valence-electron chi connectivity index (χ3n) is 5.78. The zero-order valence-electron chi connectivity index (χ0n) is 18.4. The molecule has 0 radical (unpaired) electrons. The first-order valence-corrected chi connectivity index (χ1v) is 12.2. The Morgan fingerprint density at radius 1 is 0.971 bits per heavy atom. The highest BCUT2D eigenvalue weighted by Crippen LogP contribution is 2.31. The van der Waals surface area contributed by atoms with E-state index in [-0.39, 0.29) is 23.7 Å². The normalized spacial score (nSPS) is 14.9. The molecule has 10 heteroatoms. The van der Waals surface area contributed by atoms with Crippen LogP contribution >= 0.6 is 0 Å². The molecule has 4 aromatic rings. The molecule has 0 unspecified atom stereocenters. The van der Waals surface area contributed by atoms with Gasteiger partial charge in [-0.3, -0.25) is 4.98 Å². The lowest BCUT2D eigenvalue weighted by Gasteiger charge is -2.35. The van der Waals surface area contributed by atoms with Gasteiger partial charge in [-0.15, -0.1) is 0 Å². The summed E-state index contributed by atoms with van der Waals surface area (Å²) in [6.07, 6.45) is 3.41. The monoisotopic (exact) mass is 479 g/mol. The van der Waals surface area contributed by atoms with Crippen LogP contribution in [0.4, 0.5) is 10.2 Å². The van der Waals surface area contributed by atoms with Crippen molar-refractivity contribution in [2.45, 2.75) is 4.90 Å². The molecular weight excluding hydrogens is 457 g/mol. The predicted molar refractivity (Wildman–Crippen MR) is 127 cm³/mol. The van der Waals surface area contributed by atoms with Crippen LogP contribution in [-0.2, 0) is 10.0 Å². The van der Waals surface area contributed by atoms with E-state index in [0.29, 0.717) is 18.9 Å². The van der Waals surface area contributed by atoms with Gasteiger partial charge in [-0.05, 0) is 36.4 Å². The number of benzene rings is 2. The van der Waals surface area contributed by atoms with Crippen LogP contribution in [-0.4, -0.2) is 61.0 Å². The van der Waals surface area contributed by atoms with Crippen LogP contribution in [0.3, 0.4) is 0 Å². The third kappa shape index (κ3) is 4.06. The zero-order chi connectivity index (χ0) is 23.7. The lowest BCUT2D eigenvalue weighted by molar-refractivity contribution is 0.372. The minimum Gasteiger partial charge on any atom is -0.495 e. The number of sulfonamides is 1. The molecular formula is C24H22FN5O3S. The number of anilines is 1. The summed E-state index contributed by atoms with van der Waals surface area (Å²) >= 11 is 0. The molecule has 3 heterocycles. The number of halogens is 1. The van der Waals surface area contributed by atoms with E-state index >= 15 is 0 Å². The fourth-order valence-corrected chi connectivity index (χ4v) is 5.62. The van der Waals surface area contributed by atoms with Crippen molar-refractivity contribution in [3.05, 3.63) is 72.8 Å². The highest BCUT2D eigenvalue weighted by molar-refractivity contribution is 7.89. The summed E-state index contributed by atoms with van der Waals surface area (Å²) < 4.78 is 46.6. The lowest BCUT2D eigenvalue weighted by Crippen LogP contribution is -2.49. The molecule has 174 valence electrons. The second kappa shape index (κ2) is 8.96. The maximum Gasteiger partial charge on any atom is 0.246 e. The second-order valence-electron chi connectivity index (χ2n) is 7.82. The van der Waals surface area contributed by atoms with Crippen molar-refractivity contribution in [3.63, 3.8) is 0 Å². The van der Waals surface area contributed by atoms with E-state index < -0.39 is 15.8 Å². The van der Waals surface area contributed by atoms with Gasteiger partial charge in [0.2, 0.25) is 10.0 Å². The average Bonchev–Trinajstić information content (AvgIpc) is 2.88. The minimum absolute atomic E-state index is 0.00895. The third-order valence-corrected chi connectivity index (χ3v) is 7.72. The average molecular weight is 480 g/mol. The second-order valence-corrected chi connectivity index (χ2v) is 9.72. The predicted octanol–water partition coefficient (Wildman–Crippen LogP) is 3.35. The molecule has 0 spiro atoms. The number of rotatable bonds is 5. The maximum atomic E-state index is 13.6. The summed E-state index contributed by atoms with van der Waals surface area (Å²) in [6, 6.07) is 14.9. The van der Waals surface area contributed by atoms with Crippen LogP contribution in [0.15, 0.2) is 71.9 Å². The number of fused-ring (bicyclic) bond motifs is 1. The number of hydrogen-bond acceptors (Lipinski definition) is 7. The van der Waals surface area contributed by atoms with Gasteiger partial charge in [0.15, 0.2) is 5.82 Å². The molecule has 5 rings (SSSR count). The van der Waals surface area contributed by atoms with E-state index in [1.807, 2.05) is 36.4 Å². The fourth-order valence-electron chi connectivity index (χ4n) is 4.06. The van der Waals surface area contributed by atoms with Crippen LogP contribution in [0.2, 0.25) is 0 Å². The van der Waals surface area contributed by atoms with Gasteiger partial charge >= 0.3 is 0 Å². The van der Waals surface area contributed by atoms with Crippen molar-refractivity contribution in [2.24, 2.45) is 0 Å². The Morgan fingerprint density at radius 3 is 2.50 bits per heavy atom. The first kappa shape index (κ1) is 22.2. The van der Waals surface area contributed by atoms with Gasteiger partial charge in [-0.2, -0.15) is 4.31 Å². The Hall–Kier alpha value is -3.63. The van der Waals surface area contributed by atoms with Crippen LogP contribution in [0.5, 0.6) is 5.75 Å². The zero-order valence-corrected chi connectivity index (χ0v) is 19.2. The van der Waals surface area contributed by atoms with Gasteiger partial charge in [-0.1, -0.05) is 12.1 Å². The number of aromatic nitrogens is 3. The van der Waals surface area contributed by atoms with Gasteiger partial charge in [-0.25, -0.2) is 22.8 Å². The molecule has 34 heavy (non-hydrogen) atoms. The molecule has 0 aliphatic carbocycles. The number of piperazine rings is 1. The number of nitrogens with zero attached hydrogens (tertiary/aromatic N) is 5. The van der Waals surface area contributed by atoms with Gasteiger partial charge in [0.05, 0.1) is 12.6 Å². The van der Waals surface area contributed by atoms with Crippen LogP contribution < -0.4 is 9.64 Å². The number of hydrogen-bond donors (Lipinski definition) is 0. The smallest absolute Gasteiger partial charge is 0.246 e. The lowest BCUT2D eigenvalue weighted by atomic mass is 10.2. The summed E-state index contributed by atoms with van der Waals surface area (Å²) in [4.78, 5) is 15.7. The van der Waals surface area contributed by atoms with Gasteiger partial charge in [0, 0.05) is 55.6 Å². The van der Waals surface area contributed by atoms with E-state index in [9.17, 15) is 12.8 Å². The van der Waals surface area contributed by atoms with Crippen molar-refractivity contribution in [1.82, 2.24) is 19.3 Å². The molecule has 1 saturated heterocycles. The van der Waals surface area contributed by atoms with Crippen LogP contribution in [0.25, 0.3) is 22.3 Å². The van der Waals surface area contributed by atoms with Crippen molar-refractivity contribution in [1.29, 1.82) is 0 Å². The molecule has 2 aromatic heterocycles. The van der Waals surface area contributed by atoms with Crippen LogP contribution in [0.1, 0.15) is 0 Å². The summed E-state index contributed by atoms with van der Waals surface area (Å²) in [5.41, 5.74) is 1.61. The van der Waals surface area contributed by atoms with Gasteiger partial charge in [0.1, 0.15) is 22.3 Å². The number of methoxy groups -OCH3 is 1. The summed E-state index contributed by atoms with van der Waals surface area (Å²) in [5.74, 6) is 0.750. The standard InChI is InChI=1S/C24H22FN5O3S/c1-33-21-15-18(25)8-9-22(21)34(31,32)30-13-11-29(12-14-30)24-19-6-2-3-7-20(19)27-23(28-24)17-5-4-10-26-16-17/h2-10,15-16H,11-14H2,1H3. The fraction of sp³-hybridized carbons (Fsp3) is 0.208. The van der Waals surface area contributed by atoms with Crippen molar-refractivity contribution in [3.8, 4) is 17.1 Å². The Morgan fingerprint density at radius 2 is 1.76 bits per heavy atom. The van der Waals surface area contributed by atoms with Crippen LogP contribution in [0, 0.1) is 5.82 Å². The molecule has 1 aliphatic rings. The minimum atomic E-state index is -3.85. The summed E-state index contributed by atoms with van der Waals surface area (Å²) in [7, 11) is -2.52. The number of pyridine rings is 1. The Labute approximate surface area is 196 Å². The number of para-hydroxylation sites is 1. The van der Waals surface area contributed by atoms with E-state index in [2.05, 4.69) is 9.88 Å². The van der Waals surface area contributed by atoms with E-state index in [1.54, 1.807) is 12.4 Å². The Kier molecular flexibility index (Phi) is 5.84.